The van der Waals surface area contributed by atoms with Gasteiger partial charge >= 0.3 is 0 Å². The molecule has 23 heavy (non-hydrogen) atoms. The molecule has 0 unspecified atom stereocenters. The molecule has 8 heteroatoms. The number of aryl methyl sites for hydroxylation is 2. The lowest BCUT2D eigenvalue weighted by molar-refractivity contribution is -0.111. The van der Waals surface area contributed by atoms with E-state index in [2.05, 4.69) is 25.8 Å². The van der Waals surface area contributed by atoms with Gasteiger partial charge in [0.05, 0.1) is 10.7 Å². The lowest BCUT2D eigenvalue weighted by Gasteiger charge is -2.04. The summed E-state index contributed by atoms with van der Waals surface area (Å²) in [5.74, 6) is 0.415. The van der Waals surface area contributed by atoms with Gasteiger partial charge in [-0.05, 0) is 35.6 Å². The molecule has 0 aliphatic rings. The fourth-order valence-electron chi connectivity index (χ4n) is 2.01. The third-order valence-electron chi connectivity index (χ3n) is 3.05. The number of benzene rings is 1. The van der Waals surface area contributed by atoms with Crippen LogP contribution in [0.25, 0.3) is 17.5 Å². The topological polar surface area (TPSA) is 85.6 Å². The van der Waals surface area contributed by atoms with E-state index in [-0.39, 0.29) is 5.91 Å². The average Bonchev–Trinajstić information content (AvgIpc) is 3.14. The zero-order valence-corrected chi connectivity index (χ0v) is 13.4. The van der Waals surface area contributed by atoms with Gasteiger partial charge in [0.2, 0.25) is 5.91 Å². The number of carbonyl (C=O) groups excluding carboxylic acids is 1. The van der Waals surface area contributed by atoms with E-state index in [0.29, 0.717) is 11.5 Å². The van der Waals surface area contributed by atoms with Gasteiger partial charge in [0.1, 0.15) is 0 Å². The summed E-state index contributed by atoms with van der Waals surface area (Å²) >= 11 is 1.55. The first-order chi connectivity index (χ1) is 11.1. The number of tetrazole rings is 1. The molecule has 3 aromatic rings. The first kappa shape index (κ1) is 15.0. The SMILES string of the molecule is Cc1nc(/C=C/C(=O)Nc2cccc(-c3nnnn3C)c2)cs1. The van der Waals surface area contributed by atoms with Gasteiger partial charge in [-0.25, -0.2) is 9.67 Å². The standard InChI is InChI=1S/C15H14N6OS/c1-10-16-13(9-23-10)6-7-14(22)17-12-5-3-4-11(8-12)15-18-19-20-21(15)2/h3-9H,1-2H3,(H,17,22)/b7-6+. The number of thiazole rings is 1. The summed E-state index contributed by atoms with van der Waals surface area (Å²) < 4.78 is 1.57. The molecule has 2 heterocycles. The molecule has 0 radical (unpaired) electrons. The van der Waals surface area contributed by atoms with Gasteiger partial charge in [-0.3, -0.25) is 4.79 Å². The van der Waals surface area contributed by atoms with Crippen LogP contribution in [0.2, 0.25) is 0 Å². The molecule has 0 saturated carbocycles. The van der Waals surface area contributed by atoms with Crippen LogP contribution < -0.4 is 5.32 Å². The fraction of sp³-hybridized carbons (Fsp3) is 0.133. The zero-order valence-electron chi connectivity index (χ0n) is 12.6. The number of anilines is 1. The Morgan fingerprint density at radius 1 is 1.39 bits per heavy atom. The van der Waals surface area contributed by atoms with Crippen molar-refractivity contribution in [1.29, 1.82) is 0 Å². The second-order valence-corrected chi connectivity index (χ2v) is 5.88. The predicted molar refractivity (Wildman–Crippen MR) is 88.7 cm³/mol. The van der Waals surface area contributed by atoms with Crippen LogP contribution in [0.4, 0.5) is 5.69 Å². The van der Waals surface area contributed by atoms with Crippen LogP contribution in [-0.4, -0.2) is 31.1 Å². The lowest BCUT2D eigenvalue weighted by atomic mass is 10.2. The number of amides is 1. The van der Waals surface area contributed by atoms with Gasteiger partial charge < -0.3 is 5.32 Å². The fourth-order valence-corrected chi connectivity index (χ4v) is 2.59. The molecule has 0 spiro atoms. The van der Waals surface area contributed by atoms with Crippen molar-refractivity contribution >= 4 is 29.0 Å². The van der Waals surface area contributed by atoms with Gasteiger partial charge in [-0.1, -0.05) is 12.1 Å². The van der Waals surface area contributed by atoms with Crippen molar-refractivity contribution in [3.05, 3.63) is 46.4 Å². The van der Waals surface area contributed by atoms with Crippen LogP contribution >= 0.6 is 11.3 Å². The van der Waals surface area contributed by atoms with Crippen molar-refractivity contribution < 1.29 is 4.79 Å². The van der Waals surface area contributed by atoms with E-state index in [1.807, 2.05) is 36.6 Å². The second-order valence-electron chi connectivity index (χ2n) is 4.82. The van der Waals surface area contributed by atoms with Gasteiger partial charge in [-0.2, -0.15) is 0 Å². The molecule has 0 fully saturated rings. The number of nitrogens with one attached hydrogen (secondary N) is 1. The molecular weight excluding hydrogens is 312 g/mol. The van der Waals surface area contributed by atoms with Gasteiger partial charge in [0.25, 0.3) is 0 Å². The Morgan fingerprint density at radius 2 is 2.26 bits per heavy atom. The van der Waals surface area contributed by atoms with Gasteiger partial charge in [0.15, 0.2) is 5.82 Å². The van der Waals surface area contributed by atoms with Crippen LogP contribution in [-0.2, 0) is 11.8 Å². The molecule has 0 atom stereocenters. The van der Waals surface area contributed by atoms with Crippen molar-refractivity contribution in [3.8, 4) is 11.4 Å². The molecule has 0 aliphatic carbocycles. The smallest absolute Gasteiger partial charge is 0.248 e. The number of hydrogen-bond donors (Lipinski definition) is 1. The Labute approximate surface area is 136 Å². The predicted octanol–water partition coefficient (Wildman–Crippen LogP) is 2.29. The van der Waals surface area contributed by atoms with Crippen LogP contribution in [0.15, 0.2) is 35.7 Å². The van der Waals surface area contributed by atoms with Crippen molar-refractivity contribution in [2.45, 2.75) is 6.92 Å². The Hall–Kier alpha value is -2.87. The van der Waals surface area contributed by atoms with E-state index in [1.165, 1.54) is 6.08 Å². The van der Waals surface area contributed by atoms with E-state index < -0.39 is 0 Å². The molecule has 3 rings (SSSR count). The van der Waals surface area contributed by atoms with E-state index in [4.69, 9.17) is 0 Å². The van der Waals surface area contributed by atoms with Gasteiger partial charge in [-0.15, -0.1) is 16.4 Å². The molecule has 116 valence electrons. The normalized spacial score (nSPS) is 11.0. The molecule has 2 aromatic heterocycles. The number of rotatable bonds is 4. The monoisotopic (exact) mass is 326 g/mol. The van der Waals surface area contributed by atoms with E-state index >= 15 is 0 Å². The third kappa shape index (κ3) is 3.67. The number of hydrogen-bond acceptors (Lipinski definition) is 6. The maximum atomic E-state index is 12.0. The van der Waals surface area contributed by atoms with E-state index in [9.17, 15) is 4.79 Å². The van der Waals surface area contributed by atoms with Crippen molar-refractivity contribution in [2.24, 2.45) is 7.05 Å². The van der Waals surface area contributed by atoms with Crippen LogP contribution in [0.1, 0.15) is 10.7 Å². The Kier molecular flexibility index (Phi) is 4.24. The summed E-state index contributed by atoms with van der Waals surface area (Å²) in [5, 5.41) is 17.0. The lowest BCUT2D eigenvalue weighted by Crippen LogP contribution is -2.07. The maximum absolute atomic E-state index is 12.0. The molecule has 0 bridgehead atoms. The minimum absolute atomic E-state index is 0.219. The molecule has 0 aliphatic heterocycles. The Morgan fingerprint density at radius 3 is 2.96 bits per heavy atom. The highest BCUT2D eigenvalue weighted by Gasteiger charge is 2.07. The molecule has 1 aromatic carbocycles. The molecule has 0 saturated heterocycles. The minimum atomic E-state index is -0.219. The zero-order chi connectivity index (χ0) is 16.2. The van der Waals surface area contributed by atoms with Crippen LogP contribution in [0.5, 0.6) is 0 Å². The summed E-state index contributed by atoms with van der Waals surface area (Å²) in [6.45, 7) is 1.93. The van der Waals surface area contributed by atoms with Gasteiger partial charge in [0, 0.05) is 29.8 Å². The maximum Gasteiger partial charge on any atom is 0.248 e. The van der Waals surface area contributed by atoms with Crippen LogP contribution in [0, 0.1) is 6.92 Å². The average molecular weight is 326 g/mol. The van der Waals surface area contributed by atoms with E-state index in [1.54, 1.807) is 29.1 Å². The second kappa shape index (κ2) is 6.49. The number of carbonyl (C=O) groups is 1. The first-order valence-corrected chi connectivity index (χ1v) is 7.74. The quantitative estimate of drug-likeness (QED) is 0.744. The molecular formula is C15H14N6OS. The van der Waals surface area contributed by atoms with Crippen molar-refractivity contribution in [3.63, 3.8) is 0 Å². The molecule has 1 amide bonds. The summed E-state index contributed by atoms with van der Waals surface area (Å²) in [7, 11) is 1.76. The Bertz CT molecular complexity index is 866. The Balaban J connectivity index is 1.72. The van der Waals surface area contributed by atoms with Crippen molar-refractivity contribution in [2.75, 3.05) is 5.32 Å². The summed E-state index contributed by atoms with van der Waals surface area (Å²) in [5.41, 5.74) is 2.28. The summed E-state index contributed by atoms with van der Waals surface area (Å²) in [6.07, 6.45) is 3.15. The third-order valence-corrected chi connectivity index (χ3v) is 3.84. The minimum Gasteiger partial charge on any atom is -0.322 e. The highest BCUT2D eigenvalue weighted by molar-refractivity contribution is 7.09. The first-order valence-electron chi connectivity index (χ1n) is 6.86. The molecule has 7 nitrogen and oxygen atoms in total. The van der Waals surface area contributed by atoms with Crippen LogP contribution in [0.3, 0.4) is 0 Å². The number of aromatic nitrogens is 5. The summed E-state index contributed by atoms with van der Waals surface area (Å²) in [6, 6.07) is 7.36. The van der Waals surface area contributed by atoms with Crippen molar-refractivity contribution in [1.82, 2.24) is 25.2 Å². The highest BCUT2D eigenvalue weighted by atomic mass is 32.1. The largest absolute Gasteiger partial charge is 0.322 e. The van der Waals surface area contributed by atoms with E-state index in [0.717, 1.165) is 16.3 Å². The number of nitrogens with zero attached hydrogens (tertiary/aromatic N) is 5. The molecule has 1 N–H and O–H groups in total. The highest BCUT2D eigenvalue weighted by Crippen LogP contribution is 2.19. The summed E-state index contributed by atoms with van der Waals surface area (Å²) in [4.78, 5) is 16.3.